The van der Waals surface area contributed by atoms with Gasteiger partial charge in [-0.3, -0.25) is 4.79 Å². The van der Waals surface area contributed by atoms with Gasteiger partial charge in [0.1, 0.15) is 11.5 Å². The molecule has 7 heteroatoms. The van der Waals surface area contributed by atoms with E-state index in [2.05, 4.69) is 13.8 Å². The van der Waals surface area contributed by atoms with Gasteiger partial charge in [0.25, 0.3) is 0 Å². The van der Waals surface area contributed by atoms with E-state index in [0.717, 1.165) is 30.3 Å². The van der Waals surface area contributed by atoms with Crippen LogP contribution in [0.2, 0.25) is 10.0 Å². The molecule has 0 saturated carbocycles. The molecule has 0 aliphatic carbocycles. The second kappa shape index (κ2) is 16.9. The number of hydrogen-bond donors (Lipinski definition) is 0. The summed E-state index contributed by atoms with van der Waals surface area (Å²) in [5, 5.41) is 1.59. The summed E-state index contributed by atoms with van der Waals surface area (Å²) in [5.74, 6) is 1.48. The molecule has 0 amide bonds. The van der Waals surface area contributed by atoms with Crippen LogP contribution in [-0.2, 0) is 0 Å². The van der Waals surface area contributed by atoms with Crippen molar-refractivity contribution in [2.24, 2.45) is 0 Å². The zero-order valence-corrected chi connectivity index (χ0v) is 21.0. The van der Waals surface area contributed by atoms with Gasteiger partial charge in [-0.1, -0.05) is 81.6 Å². The van der Waals surface area contributed by atoms with Crippen LogP contribution in [0.3, 0.4) is 0 Å². The minimum absolute atomic E-state index is 0. The summed E-state index contributed by atoms with van der Waals surface area (Å²) < 4.78 is 12.0. The average molecular weight is 491 g/mol. The van der Waals surface area contributed by atoms with Crippen LogP contribution in [0.5, 0.6) is 11.5 Å². The number of unbranched alkanes of at least 4 members (excludes halogenated alkanes) is 6. The van der Waals surface area contributed by atoms with Crippen molar-refractivity contribution >= 4 is 61.5 Å². The van der Waals surface area contributed by atoms with E-state index in [1.54, 1.807) is 18.2 Å². The molecule has 172 valence electrons. The summed E-state index contributed by atoms with van der Waals surface area (Å²) in [6.45, 7) is 5.69. The van der Waals surface area contributed by atoms with Gasteiger partial charge < -0.3 is 9.47 Å². The minimum atomic E-state index is -0.130. The van der Waals surface area contributed by atoms with Gasteiger partial charge >= 0.3 is 18.9 Å². The quantitative estimate of drug-likeness (QED) is 0.148. The van der Waals surface area contributed by atoms with E-state index in [9.17, 15) is 4.79 Å². The number of ether oxygens (including phenoxy) is 2. The number of hydrogen-bond acceptors (Lipinski definition) is 3. The fraction of sp³-hybridized carbons (Fsp3) is 0.480. The Morgan fingerprint density at radius 2 is 1.44 bits per heavy atom. The van der Waals surface area contributed by atoms with Crippen molar-refractivity contribution < 1.29 is 14.3 Å². The Hall–Kier alpha value is -0.683. The van der Waals surface area contributed by atoms with E-state index in [1.165, 1.54) is 32.1 Å². The van der Waals surface area contributed by atoms with Gasteiger partial charge in [-0.05, 0) is 45.7 Å². The Kier molecular flexibility index (Phi) is 15.5. The number of carbonyl (C=O) groups excluding carboxylic acids is 1. The van der Waals surface area contributed by atoms with Crippen molar-refractivity contribution in [1.29, 1.82) is 0 Å². The molecule has 0 spiro atoms. The zero-order chi connectivity index (χ0) is 22.5. The number of benzene rings is 2. The molecule has 1 atom stereocenters. The maximum absolute atomic E-state index is 12.9. The summed E-state index contributed by atoms with van der Waals surface area (Å²) in [5.41, 5.74) is 0.272. The van der Waals surface area contributed by atoms with Gasteiger partial charge in [0.2, 0.25) is 0 Å². The molecule has 32 heavy (non-hydrogen) atoms. The van der Waals surface area contributed by atoms with Crippen molar-refractivity contribution in [3.8, 4) is 11.5 Å². The third-order valence-corrected chi connectivity index (χ3v) is 6.70. The van der Waals surface area contributed by atoms with Crippen LogP contribution in [0.4, 0.5) is 0 Å². The molecule has 0 N–H and O–H groups in total. The zero-order valence-electron chi connectivity index (χ0n) is 18.5. The molecule has 0 fully saturated rings. The molecule has 0 aliphatic rings. The van der Waals surface area contributed by atoms with Gasteiger partial charge in [-0.15, -0.1) is 0 Å². The van der Waals surface area contributed by atoms with E-state index >= 15 is 0 Å². The van der Waals surface area contributed by atoms with Crippen molar-refractivity contribution in [3.63, 3.8) is 0 Å². The standard InChI is InChI=1S/C25H33Cl2O3P.Li.H/c1-3-5-7-9-16-29-19-14-15-23(22(18-19)30-17-10-8-6-4-2)31-25(28)24-20(26)12-11-13-21(24)27;;/h11-15,18,31H,3-10,16-17H2,1-2H3;;. The van der Waals surface area contributed by atoms with Crippen molar-refractivity contribution in [2.75, 3.05) is 13.2 Å². The first-order valence-electron chi connectivity index (χ1n) is 11.2. The monoisotopic (exact) mass is 490 g/mol. The van der Waals surface area contributed by atoms with Crippen LogP contribution in [0, 0.1) is 0 Å². The van der Waals surface area contributed by atoms with Crippen LogP contribution in [0.15, 0.2) is 36.4 Å². The average Bonchev–Trinajstić information content (AvgIpc) is 2.75. The number of halogens is 2. The number of rotatable bonds is 15. The first-order valence-corrected chi connectivity index (χ1v) is 13.0. The van der Waals surface area contributed by atoms with Crippen LogP contribution >= 0.6 is 31.8 Å². The van der Waals surface area contributed by atoms with Crippen LogP contribution in [0.25, 0.3) is 0 Å². The van der Waals surface area contributed by atoms with E-state index < -0.39 is 0 Å². The van der Waals surface area contributed by atoms with Crippen LogP contribution in [-0.4, -0.2) is 37.6 Å². The third-order valence-electron chi connectivity index (χ3n) is 4.91. The molecule has 0 heterocycles. The van der Waals surface area contributed by atoms with Gasteiger partial charge in [0.05, 0.1) is 28.8 Å². The molecular formula is C25H34Cl2LiO3P. The summed E-state index contributed by atoms with van der Waals surface area (Å²) in [7, 11) is -0.130. The molecule has 2 aromatic carbocycles. The summed E-state index contributed by atoms with van der Waals surface area (Å²) in [4.78, 5) is 12.9. The van der Waals surface area contributed by atoms with Crippen molar-refractivity contribution in [2.45, 2.75) is 65.2 Å². The molecule has 0 aliphatic heterocycles. The van der Waals surface area contributed by atoms with Crippen molar-refractivity contribution in [3.05, 3.63) is 52.0 Å². The van der Waals surface area contributed by atoms with Crippen LogP contribution in [0.1, 0.15) is 75.6 Å². The Bertz CT molecular complexity index is 813. The van der Waals surface area contributed by atoms with Gasteiger partial charge in [0, 0.05) is 11.4 Å². The third kappa shape index (κ3) is 10.1. The van der Waals surface area contributed by atoms with Gasteiger partial charge in [0.15, 0.2) is 5.52 Å². The molecule has 2 aromatic rings. The molecule has 1 unspecified atom stereocenters. The first kappa shape index (κ1) is 29.3. The normalized spacial score (nSPS) is 10.9. The molecule has 0 bridgehead atoms. The Morgan fingerprint density at radius 3 is 2.03 bits per heavy atom. The van der Waals surface area contributed by atoms with Crippen LogP contribution < -0.4 is 14.8 Å². The van der Waals surface area contributed by atoms with E-state index in [4.69, 9.17) is 32.7 Å². The SMILES string of the molecule is CCCCCCOc1ccc(PC(=O)c2c(Cl)cccc2Cl)c(OCCCCCC)c1.[LiH]. The molecular weight excluding hydrogens is 457 g/mol. The fourth-order valence-electron chi connectivity index (χ4n) is 3.14. The Balaban J connectivity index is 0.00000512. The molecule has 0 saturated heterocycles. The maximum atomic E-state index is 12.9. The van der Waals surface area contributed by atoms with Gasteiger partial charge in [-0.25, -0.2) is 0 Å². The van der Waals surface area contributed by atoms with E-state index in [-0.39, 0.29) is 33.0 Å². The summed E-state index contributed by atoms with van der Waals surface area (Å²) in [6, 6.07) is 10.8. The molecule has 3 nitrogen and oxygen atoms in total. The predicted octanol–water partition coefficient (Wildman–Crippen LogP) is 7.41. The molecule has 0 aromatic heterocycles. The second-order valence-corrected chi connectivity index (χ2v) is 9.58. The molecule has 2 rings (SSSR count). The number of carbonyl (C=O) groups is 1. The van der Waals surface area contributed by atoms with E-state index in [1.807, 2.05) is 18.2 Å². The second-order valence-electron chi connectivity index (χ2n) is 7.53. The Labute approximate surface area is 216 Å². The Morgan fingerprint density at radius 1 is 0.844 bits per heavy atom. The van der Waals surface area contributed by atoms with Crippen molar-refractivity contribution in [1.82, 2.24) is 0 Å². The topological polar surface area (TPSA) is 35.5 Å². The fourth-order valence-corrected chi connectivity index (χ4v) is 4.95. The predicted molar refractivity (Wildman–Crippen MR) is 142 cm³/mol. The summed E-state index contributed by atoms with van der Waals surface area (Å²) in [6.07, 6.45) is 9.14. The summed E-state index contributed by atoms with van der Waals surface area (Å²) >= 11 is 12.5. The first-order chi connectivity index (χ1) is 15.1. The van der Waals surface area contributed by atoms with E-state index in [0.29, 0.717) is 34.6 Å². The van der Waals surface area contributed by atoms with Gasteiger partial charge in [-0.2, -0.15) is 0 Å². The molecule has 0 radical (unpaired) electrons.